The van der Waals surface area contributed by atoms with Gasteiger partial charge in [-0.3, -0.25) is 9.59 Å². The molecule has 0 aromatic rings. The van der Waals surface area contributed by atoms with E-state index in [1.54, 1.807) is 0 Å². The molecule has 0 bridgehead atoms. The van der Waals surface area contributed by atoms with Crippen LogP contribution in [0.4, 0.5) is 0 Å². The Morgan fingerprint density at radius 2 is 0.579 bits per heavy atom. The molecule has 4 heteroatoms. The number of hydrogen-bond donors (Lipinski definition) is 0. The van der Waals surface area contributed by atoms with Gasteiger partial charge in [-0.2, -0.15) is 0 Å². The highest BCUT2D eigenvalue weighted by Gasteiger charge is 2.04. The fraction of sp³-hybridized carbons (Fsp3) is 0.941. The molecule has 38 heavy (non-hydrogen) atoms. The Kier molecular flexibility index (Phi) is 31.3. The van der Waals surface area contributed by atoms with Crippen LogP contribution in [0.25, 0.3) is 0 Å². The molecule has 0 radical (unpaired) electrons. The third kappa shape index (κ3) is 31.2. The van der Waals surface area contributed by atoms with Crippen LogP contribution in [0.5, 0.6) is 0 Å². The van der Waals surface area contributed by atoms with Crippen molar-refractivity contribution in [2.45, 2.75) is 194 Å². The lowest BCUT2D eigenvalue weighted by Gasteiger charge is -2.06. The maximum Gasteiger partial charge on any atom is 0.305 e. The summed E-state index contributed by atoms with van der Waals surface area (Å²) in [4.78, 5) is 23.7. The van der Waals surface area contributed by atoms with E-state index in [2.05, 4.69) is 13.8 Å². The maximum atomic E-state index is 11.9. The van der Waals surface area contributed by atoms with Crippen LogP contribution in [0.3, 0.4) is 0 Å². The minimum Gasteiger partial charge on any atom is -0.466 e. The van der Waals surface area contributed by atoms with E-state index >= 15 is 0 Å². The predicted molar refractivity (Wildman–Crippen MR) is 163 cm³/mol. The van der Waals surface area contributed by atoms with Crippen molar-refractivity contribution in [1.82, 2.24) is 0 Å². The molecule has 0 spiro atoms. The van der Waals surface area contributed by atoms with E-state index in [4.69, 9.17) is 9.47 Å². The lowest BCUT2D eigenvalue weighted by atomic mass is 10.1. The molecular weight excluding hydrogens is 472 g/mol. The Labute approximate surface area is 237 Å². The van der Waals surface area contributed by atoms with Crippen LogP contribution in [-0.2, 0) is 19.1 Å². The number of hydrogen-bond acceptors (Lipinski definition) is 4. The summed E-state index contributed by atoms with van der Waals surface area (Å²) in [5.41, 5.74) is 0. The molecule has 0 unspecified atom stereocenters. The zero-order valence-corrected chi connectivity index (χ0v) is 25.8. The highest BCUT2D eigenvalue weighted by Crippen LogP contribution is 2.13. The van der Waals surface area contributed by atoms with Gasteiger partial charge >= 0.3 is 11.9 Å². The van der Waals surface area contributed by atoms with Gasteiger partial charge in [-0.05, 0) is 38.5 Å². The van der Waals surface area contributed by atoms with Gasteiger partial charge in [-0.25, -0.2) is 0 Å². The summed E-state index contributed by atoms with van der Waals surface area (Å²) in [5, 5.41) is 0. The summed E-state index contributed by atoms with van der Waals surface area (Å²) in [6.07, 6.45) is 33.4. The highest BCUT2D eigenvalue weighted by atomic mass is 16.5. The second-order valence-corrected chi connectivity index (χ2v) is 11.4. The van der Waals surface area contributed by atoms with Crippen LogP contribution in [-0.4, -0.2) is 25.2 Å². The molecule has 0 aliphatic heterocycles. The second-order valence-electron chi connectivity index (χ2n) is 11.4. The first-order valence-corrected chi connectivity index (χ1v) is 17.0. The number of carbonyl (C=O) groups is 2. The van der Waals surface area contributed by atoms with Crippen molar-refractivity contribution in [3.63, 3.8) is 0 Å². The molecule has 0 saturated carbocycles. The van der Waals surface area contributed by atoms with E-state index in [-0.39, 0.29) is 11.9 Å². The lowest BCUT2D eigenvalue weighted by Crippen LogP contribution is -2.07. The first-order valence-electron chi connectivity index (χ1n) is 17.0. The van der Waals surface area contributed by atoms with Crippen molar-refractivity contribution >= 4 is 11.9 Å². The van der Waals surface area contributed by atoms with E-state index in [0.717, 1.165) is 51.4 Å². The second kappa shape index (κ2) is 32.2. The van der Waals surface area contributed by atoms with Gasteiger partial charge in [0.1, 0.15) is 0 Å². The van der Waals surface area contributed by atoms with Crippen LogP contribution in [0.2, 0.25) is 0 Å². The molecule has 0 aliphatic rings. The van der Waals surface area contributed by atoms with Crippen molar-refractivity contribution < 1.29 is 19.1 Å². The minimum atomic E-state index is -0.0442. The van der Waals surface area contributed by atoms with E-state index in [9.17, 15) is 9.59 Å². The number of rotatable bonds is 31. The first kappa shape index (κ1) is 36.9. The smallest absolute Gasteiger partial charge is 0.305 e. The number of carbonyl (C=O) groups excluding carboxylic acids is 2. The number of ether oxygens (including phenoxy) is 2. The lowest BCUT2D eigenvalue weighted by molar-refractivity contribution is -0.145. The molecular formula is C34H66O4. The molecule has 0 aliphatic carbocycles. The quantitative estimate of drug-likeness (QED) is 0.0650. The van der Waals surface area contributed by atoms with Crippen molar-refractivity contribution in [3.8, 4) is 0 Å². The fourth-order valence-corrected chi connectivity index (χ4v) is 4.94. The Morgan fingerprint density at radius 3 is 0.868 bits per heavy atom. The molecule has 0 heterocycles. The Bertz CT molecular complexity index is 447. The molecule has 0 aromatic heterocycles. The van der Waals surface area contributed by atoms with Gasteiger partial charge in [-0.1, -0.05) is 142 Å². The van der Waals surface area contributed by atoms with E-state index in [0.29, 0.717) is 26.1 Å². The van der Waals surface area contributed by atoms with E-state index in [1.165, 1.54) is 116 Å². The monoisotopic (exact) mass is 538 g/mol. The molecule has 0 rings (SSSR count). The molecule has 0 fully saturated rings. The Morgan fingerprint density at radius 1 is 0.342 bits per heavy atom. The largest absolute Gasteiger partial charge is 0.466 e. The van der Waals surface area contributed by atoms with Crippen LogP contribution in [0.1, 0.15) is 194 Å². The number of unbranched alkanes of at least 4 members (excludes halogenated alkanes) is 23. The van der Waals surface area contributed by atoms with Crippen molar-refractivity contribution in [2.24, 2.45) is 0 Å². The normalized spacial score (nSPS) is 11.1. The van der Waals surface area contributed by atoms with Gasteiger partial charge in [0.25, 0.3) is 0 Å². The van der Waals surface area contributed by atoms with Crippen molar-refractivity contribution in [2.75, 3.05) is 13.2 Å². The Hall–Kier alpha value is -1.06. The van der Waals surface area contributed by atoms with Crippen LogP contribution < -0.4 is 0 Å². The summed E-state index contributed by atoms with van der Waals surface area (Å²) >= 11 is 0. The summed E-state index contributed by atoms with van der Waals surface area (Å²) in [7, 11) is 0. The average Bonchev–Trinajstić information content (AvgIpc) is 2.91. The minimum absolute atomic E-state index is 0.0442. The predicted octanol–water partition coefficient (Wildman–Crippen LogP) is 11.0. The summed E-state index contributed by atoms with van der Waals surface area (Å²) < 4.78 is 10.7. The van der Waals surface area contributed by atoms with Crippen molar-refractivity contribution in [1.29, 1.82) is 0 Å². The van der Waals surface area contributed by atoms with E-state index < -0.39 is 0 Å². The van der Waals surface area contributed by atoms with E-state index in [1.807, 2.05) is 0 Å². The molecule has 0 aromatic carbocycles. The average molecular weight is 539 g/mol. The molecule has 226 valence electrons. The van der Waals surface area contributed by atoms with Gasteiger partial charge in [0.15, 0.2) is 0 Å². The Balaban J connectivity index is 3.25. The zero-order chi connectivity index (χ0) is 27.8. The van der Waals surface area contributed by atoms with Gasteiger partial charge in [0, 0.05) is 12.8 Å². The topological polar surface area (TPSA) is 52.6 Å². The maximum absolute atomic E-state index is 11.9. The third-order valence-corrected chi connectivity index (χ3v) is 7.53. The summed E-state index contributed by atoms with van der Waals surface area (Å²) in [5.74, 6) is -0.0884. The fourth-order valence-electron chi connectivity index (χ4n) is 4.94. The van der Waals surface area contributed by atoms with Crippen molar-refractivity contribution in [3.05, 3.63) is 0 Å². The van der Waals surface area contributed by atoms with Crippen LogP contribution in [0, 0.1) is 0 Å². The number of esters is 2. The molecule has 4 nitrogen and oxygen atoms in total. The summed E-state index contributed by atoms with van der Waals surface area (Å²) in [6, 6.07) is 0. The third-order valence-electron chi connectivity index (χ3n) is 7.53. The van der Waals surface area contributed by atoms with Gasteiger partial charge in [0.2, 0.25) is 0 Å². The van der Waals surface area contributed by atoms with Gasteiger partial charge < -0.3 is 9.47 Å². The molecule has 0 saturated heterocycles. The first-order chi connectivity index (χ1) is 18.7. The standard InChI is InChI=1S/C34H66O4/c1-3-5-7-9-11-13-15-17-19-21-25-29-33(35)37-31-27-23-24-28-32-38-34(36)30-26-22-20-18-16-14-12-10-8-6-4-2/h3-32H2,1-2H3. The van der Waals surface area contributed by atoms with Gasteiger partial charge in [0.05, 0.1) is 13.2 Å². The molecule has 0 atom stereocenters. The SMILES string of the molecule is CCCCCCCCCCCCCC(=O)OCCCCCCOC(=O)CCCCCCCCCCCCC. The highest BCUT2D eigenvalue weighted by molar-refractivity contribution is 5.69. The van der Waals surface area contributed by atoms with Crippen LogP contribution >= 0.6 is 0 Å². The van der Waals surface area contributed by atoms with Gasteiger partial charge in [-0.15, -0.1) is 0 Å². The van der Waals surface area contributed by atoms with Crippen LogP contribution in [0.15, 0.2) is 0 Å². The molecule has 0 amide bonds. The summed E-state index contributed by atoms with van der Waals surface area (Å²) in [6.45, 7) is 5.57. The zero-order valence-electron chi connectivity index (χ0n) is 25.8. The molecule has 0 N–H and O–H groups in total.